The minimum Gasteiger partial charge on any atom is -0.478 e. The molecule has 220 valence electrons. The van der Waals surface area contributed by atoms with E-state index in [-0.39, 0.29) is 28.2 Å². The zero-order chi connectivity index (χ0) is 30.3. The summed E-state index contributed by atoms with van der Waals surface area (Å²) in [5, 5.41) is 16.5. The van der Waals surface area contributed by atoms with Crippen molar-refractivity contribution in [2.24, 2.45) is 0 Å². The van der Waals surface area contributed by atoms with Crippen LogP contribution in [0.25, 0.3) is 0 Å². The number of nitrogens with one attached hydrogen (secondary N) is 1. The maximum absolute atomic E-state index is 13.1. The highest BCUT2D eigenvalue weighted by Gasteiger charge is 2.38. The highest BCUT2D eigenvalue weighted by Crippen LogP contribution is 2.31. The molecular formula is C25H30F3N3O8S. The molecule has 2 aromatic carbocycles. The van der Waals surface area contributed by atoms with Gasteiger partial charge in [-0.2, -0.15) is 13.2 Å². The van der Waals surface area contributed by atoms with Crippen LogP contribution in [0.3, 0.4) is 0 Å². The van der Waals surface area contributed by atoms with E-state index in [9.17, 15) is 36.3 Å². The molecule has 1 aliphatic heterocycles. The van der Waals surface area contributed by atoms with Gasteiger partial charge in [0.1, 0.15) is 0 Å². The molecule has 1 aliphatic rings. The lowest BCUT2D eigenvalue weighted by Crippen LogP contribution is -2.49. The number of aliphatic carboxylic acids is 1. The Hall–Kier alpha value is -4.01. The first kappa shape index (κ1) is 32.2. The van der Waals surface area contributed by atoms with E-state index in [0.717, 1.165) is 5.56 Å². The third kappa shape index (κ3) is 8.76. The SMILES string of the molecule is CCOC(=O)N1CCN(c2ccc(C(=O)O)cc2NS(=O)(=O)c2ccc(C(C)C)cc2)CC1.O=C(O)C(F)(F)F. The van der Waals surface area contributed by atoms with Crippen LogP contribution in [-0.2, 0) is 19.6 Å². The summed E-state index contributed by atoms with van der Waals surface area (Å²) in [4.78, 5) is 36.0. The van der Waals surface area contributed by atoms with E-state index < -0.39 is 28.1 Å². The van der Waals surface area contributed by atoms with Crippen LogP contribution in [0.5, 0.6) is 0 Å². The second kappa shape index (κ2) is 13.4. The second-order valence-corrected chi connectivity index (χ2v) is 10.5. The van der Waals surface area contributed by atoms with Crippen molar-refractivity contribution in [1.29, 1.82) is 0 Å². The van der Waals surface area contributed by atoms with Gasteiger partial charge in [-0.05, 0) is 48.7 Å². The Morgan fingerprint density at radius 2 is 1.55 bits per heavy atom. The quantitative estimate of drug-likeness (QED) is 0.431. The Kier molecular flexibility index (Phi) is 10.8. The maximum Gasteiger partial charge on any atom is 0.490 e. The first-order valence-corrected chi connectivity index (χ1v) is 13.5. The molecule has 15 heteroatoms. The van der Waals surface area contributed by atoms with Crippen LogP contribution in [0.15, 0.2) is 47.4 Å². The number of ether oxygens (including phenoxy) is 1. The van der Waals surface area contributed by atoms with Crippen LogP contribution < -0.4 is 9.62 Å². The van der Waals surface area contributed by atoms with Crippen molar-refractivity contribution >= 4 is 39.4 Å². The summed E-state index contributed by atoms with van der Waals surface area (Å²) in [6.45, 7) is 7.78. The first-order chi connectivity index (χ1) is 18.6. The summed E-state index contributed by atoms with van der Waals surface area (Å²) in [6.07, 6.45) is -5.47. The monoisotopic (exact) mass is 589 g/mol. The summed E-state index contributed by atoms with van der Waals surface area (Å²) in [5.41, 5.74) is 1.71. The fraction of sp³-hybridized carbons (Fsp3) is 0.400. The number of nitrogens with zero attached hydrogens (tertiary/aromatic N) is 2. The predicted octanol–water partition coefficient (Wildman–Crippen LogP) is 4.22. The Balaban J connectivity index is 0.000000708. The van der Waals surface area contributed by atoms with Gasteiger partial charge in [-0.1, -0.05) is 26.0 Å². The van der Waals surface area contributed by atoms with E-state index in [1.807, 2.05) is 18.7 Å². The molecule has 40 heavy (non-hydrogen) atoms. The van der Waals surface area contributed by atoms with Crippen molar-refractivity contribution in [2.45, 2.75) is 37.8 Å². The number of carboxylic acid groups (broad SMARTS) is 2. The molecule has 0 spiro atoms. The van der Waals surface area contributed by atoms with Crippen LogP contribution >= 0.6 is 0 Å². The molecule has 0 bridgehead atoms. The van der Waals surface area contributed by atoms with E-state index in [1.165, 1.54) is 24.3 Å². The molecule has 0 unspecified atom stereocenters. The molecule has 11 nitrogen and oxygen atoms in total. The van der Waals surface area contributed by atoms with E-state index in [2.05, 4.69) is 4.72 Å². The largest absolute Gasteiger partial charge is 0.490 e. The standard InChI is InChI=1S/C23H29N3O6S.C2HF3O2/c1-4-32-23(29)26-13-11-25(12-14-26)21-10-7-18(22(27)28)15-20(21)24-33(30,31)19-8-5-17(6-9-19)16(2)3;3-2(4,5)1(6)7/h5-10,15-16,24H,4,11-14H2,1-3H3,(H,27,28);(H,6,7). The number of piperazine rings is 1. The second-order valence-electron chi connectivity index (χ2n) is 8.84. The van der Waals surface area contributed by atoms with Gasteiger partial charge in [0.2, 0.25) is 0 Å². The average Bonchev–Trinajstić information content (AvgIpc) is 2.88. The smallest absolute Gasteiger partial charge is 0.478 e. The van der Waals surface area contributed by atoms with Crippen LogP contribution in [-0.4, -0.2) is 80.5 Å². The van der Waals surface area contributed by atoms with Gasteiger partial charge in [0.15, 0.2) is 0 Å². The van der Waals surface area contributed by atoms with Crippen molar-refractivity contribution in [3.63, 3.8) is 0 Å². The number of aromatic carboxylic acids is 1. The van der Waals surface area contributed by atoms with Crippen molar-refractivity contribution in [2.75, 3.05) is 42.4 Å². The zero-order valence-electron chi connectivity index (χ0n) is 21.9. The highest BCUT2D eigenvalue weighted by atomic mass is 32.2. The Bertz CT molecular complexity index is 1310. The van der Waals surface area contributed by atoms with Crippen molar-refractivity contribution in [3.8, 4) is 0 Å². The van der Waals surface area contributed by atoms with Gasteiger partial charge in [-0.25, -0.2) is 22.8 Å². The maximum atomic E-state index is 13.1. The molecule has 0 radical (unpaired) electrons. The van der Waals surface area contributed by atoms with Gasteiger partial charge in [0, 0.05) is 26.2 Å². The summed E-state index contributed by atoms with van der Waals surface area (Å²) in [5.74, 6) is -3.65. The Morgan fingerprint density at radius 3 is 2.00 bits per heavy atom. The average molecular weight is 590 g/mol. The van der Waals surface area contributed by atoms with Gasteiger partial charge in [-0.15, -0.1) is 0 Å². The number of carbonyl (C=O) groups excluding carboxylic acids is 1. The molecular weight excluding hydrogens is 559 g/mol. The third-order valence-corrected chi connectivity index (χ3v) is 7.12. The van der Waals surface area contributed by atoms with Crippen molar-refractivity contribution in [1.82, 2.24) is 4.90 Å². The van der Waals surface area contributed by atoms with Gasteiger partial charge in [0.25, 0.3) is 10.0 Å². The molecule has 3 N–H and O–H groups in total. The van der Waals surface area contributed by atoms with Crippen LogP contribution in [0.2, 0.25) is 0 Å². The fourth-order valence-corrected chi connectivity index (χ4v) is 4.67. The minimum absolute atomic E-state index is 0.0308. The van der Waals surface area contributed by atoms with Gasteiger partial charge >= 0.3 is 24.2 Å². The molecule has 1 heterocycles. The zero-order valence-corrected chi connectivity index (χ0v) is 22.8. The number of benzene rings is 2. The van der Waals surface area contributed by atoms with Gasteiger partial charge in [0.05, 0.1) is 28.4 Å². The van der Waals surface area contributed by atoms with Gasteiger partial charge < -0.3 is 24.7 Å². The van der Waals surface area contributed by atoms with Crippen LogP contribution in [0.1, 0.15) is 42.6 Å². The number of sulfonamides is 1. The number of carbonyl (C=O) groups is 3. The lowest BCUT2D eigenvalue weighted by atomic mass is 10.0. The highest BCUT2D eigenvalue weighted by molar-refractivity contribution is 7.92. The summed E-state index contributed by atoms with van der Waals surface area (Å²) in [7, 11) is -3.95. The molecule has 0 aliphatic carbocycles. The normalized spacial score (nSPS) is 13.8. The lowest BCUT2D eigenvalue weighted by molar-refractivity contribution is -0.192. The van der Waals surface area contributed by atoms with Crippen LogP contribution in [0.4, 0.5) is 29.3 Å². The van der Waals surface area contributed by atoms with Crippen molar-refractivity contribution < 1.29 is 50.9 Å². The Morgan fingerprint density at radius 1 is 1.00 bits per heavy atom. The number of amides is 1. The first-order valence-electron chi connectivity index (χ1n) is 12.0. The lowest BCUT2D eigenvalue weighted by Gasteiger charge is -2.36. The molecule has 1 fully saturated rings. The third-order valence-electron chi connectivity index (χ3n) is 5.73. The summed E-state index contributed by atoms with van der Waals surface area (Å²) in [6, 6.07) is 10.9. The number of anilines is 2. The topological polar surface area (TPSA) is 154 Å². The summed E-state index contributed by atoms with van der Waals surface area (Å²) < 4.78 is 65.5. The van der Waals surface area contributed by atoms with Crippen LogP contribution in [0, 0.1) is 0 Å². The fourth-order valence-electron chi connectivity index (χ4n) is 3.61. The number of hydrogen-bond donors (Lipinski definition) is 3. The molecule has 3 rings (SSSR count). The van der Waals surface area contributed by atoms with E-state index >= 15 is 0 Å². The minimum atomic E-state index is -5.08. The van der Waals surface area contributed by atoms with E-state index in [0.29, 0.717) is 38.5 Å². The molecule has 0 saturated carbocycles. The molecule has 1 saturated heterocycles. The predicted molar refractivity (Wildman–Crippen MR) is 139 cm³/mol. The molecule has 0 atom stereocenters. The van der Waals surface area contributed by atoms with Crippen molar-refractivity contribution in [3.05, 3.63) is 53.6 Å². The van der Waals surface area contributed by atoms with E-state index in [4.69, 9.17) is 14.6 Å². The Labute approximate surface area is 229 Å². The molecule has 2 aromatic rings. The summed E-state index contributed by atoms with van der Waals surface area (Å²) >= 11 is 0. The number of rotatable bonds is 7. The number of carboxylic acids is 2. The number of halogens is 3. The molecule has 0 aromatic heterocycles. The number of hydrogen-bond acceptors (Lipinski definition) is 7. The molecule has 1 amide bonds. The van der Waals surface area contributed by atoms with E-state index in [1.54, 1.807) is 30.0 Å². The van der Waals surface area contributed by atoms with Gasteiger partial charge in [-0.3, -0.25) is 4.72 Å². The number of alkyl halides is 3.